The van der Waals surface area contributed by atoms with Crippen molar-refractivity contribution in [3.05, 3.63) is 0 Å². The highest BCUT2D eigenvalue weighted by Gasteiger charge is 2.24. The Labute approximate surface area is 183 Å². The van der Waals surface area contributed by atoms with Gasteiger partial charge >= 0.3 is 0 Å². The van der Waals surface area contributed by atoms with Crippen molar-refractivity contribution in [2.45, 2.75) is 58.3 Å². The van der Waals surface area contributed by atoms with Gasteiger partial charge in [-0.25, -0.2) is 0 Å². The van der Waals surface area contributed by atoms with Crippen LogP contribution in [0.4, 0.5) is 0 Å². The first-order chi connectivity index (χ1) is 14.8. The molecule has 30 heavy (non-hydrogen) atoms. The summed E-state index contributed by atoms with van der Waals surface area (Å²) < 4.78 is 0. The van der Waals surface area contributed by atoms with E-state index in [-0.39, 0.29) is 0 Å². The third kappa shape index (κ3) is 7.73. The number of aliphatic imine (C=N–C) groups is 1. The first-order valence-corrected chi connectivity index (χ1v) is 12.5. The van der Waals surface area contributed by atoms with Gasteiger partial charge in [0.15, 0.2) is 5.96 Å². The quantitative estimate of drug-likeness (QED) is 0.350. The zero-order valence-electron chi connectivity index (χ0n) is 19.3. The van der Waals surface area contributed by atoms with E-state index in [1.54, 1.807) is 0 Å². The van der Waals surface area contributed by atoms with Crippen molar-refractivity contribution >= 4 is 11.9 Å². The number of rotatable bonds is 9. The fraction of sp³-hybridized carbons (Fsp3) is 0.913. The first-order valence-electron chi connectivity index (χ1n) is 12.5. The van der Waals surface area contributed by atoms with Gasteiger partial charge in [-0.15, -0.1) is 0 Å². The summed E-state index contributed by atoms with van der Waals surface area (Å²) in [4.78, 5) is 26.6. The summed E-state index contributed by atoms with van der Waals surface area (Å²) in [6.45, 7) is 14.1. The van der Waals surface area contributed by atoms with Gasteiger partial charge in [-0.05, 0) is 65.1 Å². The second kappa shape index (κ2) is 13.2. The SMILES string of the molecule is CCNC(=NCCCCCN1CCCCC1)N1CCN(CC(=O)N2CCCC2)CC1. The number of likely N-dealkylation sites (tertiary alicyclic amines) is 2. The van der Waals surface area contributed by atoms with E-state index >= 15 is 0 Å². The Morgan fingerprint density at radius 3 is 2.17 bits per heavy atom. The average Bonchev–Trinajstić information content (AvgIpc) is 3.32. The highest BCUT2D eigenvalue weighted by atomic mass is 16.2. The van der Waals surface area contributed by atoms with Crippen LogP contribution in [0, 0.1) is 0 Å². The second-order valence-corrected chi connectivity index (χ2v) is 9.05. The monoisotopic (exact) mass is 420 g/mol. The lowest BCUT2D eigenvalue weighted by molar-refractivity contribution is -0.131. The molecule has 7 nitrogen and oxygen atoms in total. The van der Waals surface area contributed by atoms with Crippen LogP contribution in [0.1, 0.15) is 58.3 Å². The highest BCUT2D eigenvalue weighted by molar-refractivity contribution is 5.80. The summed E-state index contributed by atoms with van der Waals surface area (Å²) in [7, 11) is 0. The lowest BCUT2D eigenvalue weighted by Crippen LogP contribution is -2.54. The molecule has 3 heterocycles. The van der Waals surface area contributed by atoms with Gasteiger partial charge in [-0.3, -0.25) is 14.7 Å². The number of carbonyl (C=O) groups excluding carboxylic acids is 1. The van der Waals surface area contributed by atoms with Gasteiger partial charge in [0, 0.05) is 52.4 Å². The summed E-state index contributed by atoms with van der Waals surface area (Å²) in [5.41, 5.74) is 0. The van der Waals surface area contributed by atoms with Gasteiger partial charge in [0.2, 0.25) is 5.91 Å². The predicted molar refractivity (Wildman–Crippen MR) is 124 cm³/mol. The Balaban J connectivity index is 1.32. The number of piperidine rings is 1. The zero-order chi connectivity index (χ0) is 21.0. The number of hydrogen-bond donors (Lipinski definition) is 1. The minimum Gasteiger partial charge on any atom is -0.357 e. The molecule has 0 saturated carbocycles. The number of guanidine groups is 1. The molecule has 1 N–H and O–H groups in total. The van der Waals surface area contributed by atoms with E-state index in [0.717, 1.165) is 58.3 Å². The Morgan fingerprint density at radius 2 is 1.47 bits per heavy atom. The van der Waals surface area contributed by atoms with E-state index in [1.807, 2.05) is 4.90 Å². The van der Waals surface area contributed by atoms with Crippen molar-refractivity contribution in [2.24, 2.45) is 4.99 Å². The molecule has 0 spiro atoms. The van der Waals surface area contributed by atoms with Crippen LogP contribution in [0.2, 0.25) is 0 Å². The van der Waals surface area contributed by atoms with Crippen LogP contribution in [0.25, 0.3) is 0 Å². The fourth-order valence-corrected chi connectivity index (χ4v) is 4.79. The molecule has 3 rings (SSSR count). The molecule has 0 aromatic rings. The molecule has 3 saturated heterocycles. The third-order valence-corrected chi connectivity index (χ3v) is 6.67. The van der Waals surface area contributed by atoms with Crippen molar-refractivity contribution in [3.8, 4) is 0 Å². The molecule has 1 amide bonds. The summed E-state index contributed by atoms with van der Waals surface area (Å²) in [6.07, 6.45) is 10.3. The van der Waals surface area contributed by atoms with E-state index in [9.17, 15) is 4.79 Å². The maximum absolute atomic E-state index is 12.4. The molecular weight excluding hydrogens is 376 g/mol. The smallest absolute Gasteiger partial charge is 0.236 e. The maximum atomic E-state index is 12.4. The molecule has 0 atom stereocenters. The topological polar surface area (TPSA) is 54.4 Å². The predicted octanol–water partition coefficient (Wildman–Crippen LogP) is 1.85. The molecule has 0 aromatic heterocycles. The van der Waals surface area contributed by atoms with Crippen LogP contribution >= 0.6 is 0 Å². The van der Waals surface area contributed by atoms with Gasteiger partial charge in [0.1, 0.15) is 0 Å². The summed E-state index contributed by atoms with van der Waals surface area (Å²) >= 11 is 0. The molecule has 0 aromatic carbocycles. The summed E-state index contributed by atoms with van der Waals surface area (Å²) in [5.74, 6) is 1.37. The minimum absolute atomic E-state index is 0.311. The van der Waals surface area contributed by atoms with Crippen molar-refractivity contribution in [1.29, 1.82) is 0 Å². The van der Waals surface area contributed by atoms with Crippen LogP contribution in [0.3, 0.4) is 0 Å². The van der Waals surface area contributed by atoms with Crippen molar-refractivity contribution < 1.29 is 4.79 Å². The Hall–Kier alpha value is -1.34. The van der Waals surface area contributed by atoms with Crippen LogP contribution in [0.5, 0.6) is 0 Å². The number of nitrogens with zero attached hydrogens (tertiary/aromatic N) is 5. The Bertz CT molecular complexity index is 520. The number of unbranched alkanes of at least 4 members (excludes halogenated alkanes) is 2. The zero-order valence-corrected chi connectivity index (χ0v) is 19.3. The van der Waals surface area contributed by atoms with E-state index in [1.165, 1.54) is 71.0 Å². The number of hydrogen-bond acceptors (Lipinski definition) is 4. The molecular formula is C23H44N6O. The standard InChI is InChI=1S/C23H44N6O/c1-2-24-23(25-11-5-3-6-12-26-13-7-4-8-14-26)29-19-17-27(18-20-29)21-22(30)28-15-9-10-16-28/h2-21H2,1H3,(H,24,25). The van der Waals surface area contributed by atoms with Gasteiger partial charge in [0.05, 0.1) is 6.54 Å². The van der Waals surface area contributed by atoms with Crippen molar-refractivity contribution in [1.82, 2.24) is 24.9 Å². The average molecular weight is 421 g/mol. The van der Waals surface area contributed by atoms with Gasteiger partial charge in [-0.1, -0.05) is 12.8 Å². The highest BCUT2D eigenvalue weighted by Crippen LogP contribution is 2.11. The summed E-state index contributed by atoms with van der Waals surface area (Å²) in [5, 5.41) is 3.47. The molecule has 172 valence electrons. The molecule has 0 unspecified atom stereocenters. The third-order valence-electron chi connectivity index (χ3n) is 6.67. The lowest BCUT2D eigenvalue weighted by atomic mass is 10.1. The van der Waals surface area contributed by atoms with E-state index < -0.39 is 0 Å². The molecule has 7 heteroatoms. The van der Waals surface area contributed by atoms with Gasteiger partial charge in [0.25, 0.3) is 0 Å². The minimum atomic E-state index is 0.311. The van der Waals surface area contributed by atoms with Crippen molar-refractivity contribution in [2.75, 3.05) is 78.5 Å². The number of carbonyl (C=O) groups is 1. The number of nitrogens with one attached hydrogen (secondary N) is 1. The van der Waals surface area contributed by atoms with Crippen LogP contribution in [0.15, 0.2) is 4.99 Å². The van der Waals surface area contributed by atoms with E-state index in [2.05, 4.69) is 26.9 Å². The largest absolute Gasteiger partial charge is 0.357 e. The Kier molecular flexibility index (Phi) is 10.2. The molecule has 3 aliphatic rings. The maximum Gasteiger partial charge on any atom is 0.236 e. The van der Waals surface area contributed by atoms with Crippen LogP contribution in [-0.2, 0) is 4.79 Å². The second-order valence-electron chi connectivity index (χ2n) is 9.05. The fourth-order valence-electron chi connectivity index (χ4n) is 4.79. The molecule has 0 aliphatic carbocycles. The van der Waals surface area contributed by atoms with Crippen molar-refractivity contribution in [3.63, 3.8) is 0 Å². The van der Waals surface area contributed by atoms with E-state index in [0.29, 0.717) is 12.5 Å². The van der Waals surface area contributed by atoms with Crippen LogP contribution in [-0.4, -0.2) is 110 Å². The summed E-state index contributed by atoms with van der Waals surface area (Å²) in [6, 6.07) is 0. The molecule has 3 aliphatic heterocycles. The van der Waals surface area contributed by atoms with Crippen LogP contribution < -0.4 is 5.32 Å². The van der Waals surface area contributed by atoms with Gasteiger partial charge in [-0.2, -0.15) is 0 Å². The lowest BCUT2D eigenvalue weighted by Gasteiger charge is -2.36. The normalized spacial score (nSPS) is 22.0. The molecule has 0 radical (unpaired) electrons. The number of amides is 1. The first kappa shape index (κ1) is 23.3. The molecule has 0 bridgehead atoms. The molecule has 3 fully saturated rings. The van der Waals surface area contributed by atoms with E-state index in [4.69, 9.17) is 4.99 Å². The number of piperazine rings is 1. The van der Waals surface area contributed by atoms with Gasteiger partial charge < -0.3 is 20.0 Å². The Morgan fingerprint density at radius 1 is 0.767 bits per heavy atom.